The molecule has 0 unspecified atom stereocenters. The summed E-state index contributed by atoms with van der Waals surface area (Å²) in [5, 5.41) is 14.9. The minimum Gasteiger partial charge on any atom is -0.378 e. The molecular weight excluding hydrogens is 440 g/mol. The lowest BCUT2D eigenvalue weighted by molar-refractivity contribution is -0.113. The van der Waals surface area contributed by atoms with Crippen LogP contribution in [0, 0.1) is 6.92 Å². The van der Waals surface area contributed by atoms with E-state index in [1.165, 1.54) is 11.8 Å². The fraction of sp³-hybridized carbons (Fsp3) is 0.304. The van der Waals surface area contributed by atoms with Gasteiger partial charge in [0.15, 0.2) is 5.16 Å². The number of ether oxygens (including phenoxy) is 1. The first-order valence-electron chi connectivity index (χ1n) is 10.6. The van der Waals surface area contributed by atoms with Crippen LogP contribution in [0.3, 0.4) is 0 Å². The van der Waals surface area contributed by atoms with E-state index in [0.717, 1.165) is 30.3 Å². The van der Waals surface area contributed by atoms with Crippen molar-refractivity contribution in [2.24, 2.45) is 0 Å². The molecule has 9 nitrogen and oxygen atoms in total. The highest BCUT2D eigenvalue weighted by molar-refractivity contribution is 7.99. The molecule has 2 heterocycles. The fourth-order valence-corrected chi connectivity index (χ4v) is 4.27. The van der Waals surface area contributed by atoms with Gasteiger partial charge in [-0.1, -0.05) is 30.0 Å². The van der Waals surface area contributed by atoms with Crippen molar-refractivity contribution in [3.05, 3.63) is 59.7 Å². The SMILES string of the molecule is CNC(=O)c1cccc(NC(=O)CSc2nnc(N3CCOCC3)n2-c2cccc(C)c2)c1. The van der Waals surface area contributed by atoms with Gasteiger partial charge in [0.2, 0.25) is 11.9 Å². The third-order valence-electron chi connectivity index (χ3n) is 5.14. The van der Waals surface area contributed by atoms with Crippen LogP contribution in [0.5, 0.6) is 0 Å². The predicted octanol–water partition coefficient (Wildman–Crippen LogP) is 2.50. The number of amides is 2. The monoisotopic (exact) mass is 466 g/mol. The van der Waals surface area contributed by atoms with E-state index in [1.807, 2.05) is 29.7 Å². The van der Waals surface area contributed by atoms with Gasteiger partial charge in [0.25, 0.3) is 5.91 Å². The number of rotatable bonds is 7. The highest BCUT2D eigenvalue weighted by atomic mass is 32.2. The van der Waals surface area contributed by atoms with Crippen molar-refractivity contribution >= 4 is 35.2 Å². The number of nitrogens with one attached hydrogen (secondary N) is 2. The van der Waals surface area contributed by atoms with Gasteiger partial charge in [-0.15, -0.1) is 10.2 Å². The Bertz CT molecular complexity index is 1140. The third-order valence-corrected chi connectivity index (χ3v) is 6.07. The van der Waals surface area contributed by atoms with Gasteiger partial charge >= 0.3 is 0 Å². The van der Waals surface area contributed by atoms with Gasteiger partial charge in [-0.3, -0.25) is 14.2 Å². The summed E-state index contributed by atoms with van der Waals surface area (Å²) in [7, 11) is 1.57. The summed E-state index contributed by atoms with van der Waals surface area (Å²) in [6.45, 7) is 4.78. The Labute approximate surface area is 196 Å². The van der Waals surface area contributed by atoms with Crippen LogP contribution >= 0.6 is 11.8 Å². The van der Waals surface area contributed by atoms with Crippen molar-refractivity contribution in [3.63, 3.8) is 0 Å². The average molecular weight is 467 g/mol. The number of morpholine rings is 1. The van der Waals surface area contributed by atoms with E-state index in [4.69, 9.17) is 4.74 Å². The smallest absolute Gasteiger partial charge is 0.251 e. The Balaban J connectivity index is 1.51. The molecular formula is C23H26N6O3S. The van der Waals surface area contributed by atoms with Crippen LogP contribution in [-0.4, -0.2) is 65.7 Å². The van der Waals surface area contributed by atoms with Crippen molar-refractivity contribution < 1.29 is 14.3 Å². The second-order valence-corrected chi connectivity index (χ2v) is 8.50. The van der Waals surface area contributed by atoms with Crippen molar-refractivity contribution in [2.45, 2.75) is 12.1 Å². The molecule has 0 radical (unpaired) electrons. The number of carbonyl (C=O) groups is 2. The van der Waals surface area contributed by atoms with Crippen LogP contribution in [0.1, 0.15) is 15.9 Å². The molecule has 2 N–H and O–H groups in total. The molecule has 0 atom stereocenters. The molecule has 1 fully saturated rings. The summed E-state index contributed by atoms with van der Waals surface area (Å²) in [5.41, 5.74) is 3.12. The van der Waals surface area contributed by atoms with E-state index in [1.54, 1.807) is 31.3 Å². The molecule has 10 heteroatoms. The topological polar surface area (TPSA) is 101 Å². The Morgan fingerprint density at radius 1 is 1.09 bits per heavy atom. The van der Waals surface area contributed by atoms with Gasteiger partial charge in [-0.2, -0.15) is 0 Å². The summed E-state index contributed by atoms with van der Waals surface area (Å²) in [5.74, 6) is 0.491. The van der Waals surface area contributed by atoms with Crippen molar-refractivity contribution in [1.82, 2.24) is 20.1 Å². The molecule has 172 valence electrons. The summed E-state index contributed by atoms with van der Waals surface area (Å²) in [6, 6.07) is 14.9. The number of hydrogen-bond acceptors (Lipinski definition) is 7. The molecule has 1 aliphatic heterocycles. The Morgan fingerprint density at radius 2 is 1.88 bits per heavy atom. The number of carbonyl (C=O) groups excluding carboxylic acids is 2. The number of aryl methyl sites for hydroxylation is 1. The molecule has 1 aromatic heterocycles. The zero-order valence-electron chi connectivity index (χ0n) is 18.6. The van der Waals surface area contributed by atoms with Gasteiger partial charge in [0.05, 0.1) is 24.7 Å². The quantitative estimate of drug-likeness (QED) is 0.516. The van der Waals surface area contributed by atoms with Crippen LogP contribution in [0.15, 0.2) is 53.7 Å². The molecule has 3 aromatic rings. The summed E-state index contributed by atoms with van der Waals surface area (Å²) in [4.78, 5) is 26.6. The van der Waals surface area contributed by atoms with Crippen molar-refractivity contribution in [1.29, 1.82) is 0 Å². The zero-order chi connectivity index (χ0) is 23.2. The van der Waals surface area contributed by atoms with E-state index in [0.29, 0.717) is 29.6 Å². The standard InChI is InChI=1S/C23H26N6O3S/c1-16-5-3-8-19(13-16)29-22(28-9-11-32-12-10-28)26-27-23(29)33-15-20(30)25-18-7-4-6-17(14-18)21(31)24-2/h3-8,13-14H,9-12,15H2,1-2H3,(H,24,31)(H,25,30). The maximum atomic E-state index is 12.6. The number of anilines is 2. The van der Waals surface area contributed by atoms with Crippen molar-refractivity contribution in [2.75, 3.05) is 49.3 Å². The molecule has 0 saturated carbocycles. The summed E-state index contributed by atoms with van der Waals surface area (Å²) >= 11 is 1.32. The van der Waals surface area contributed by atoms with Gasteiger partial charge in [0.1, 0.15) is 0 Å². The largest absolute Gasteiger partial charge is 0.378 e. The second kappa shape index (κ2) is 10.5. The predicted molar refractivity (Wildman–Crippen MR) is 128 cm³/mol. The fourth-order valence-electron chi connectivity index (χ4n) is 3.53. The van der Waals surface area contributed by atoms with Gasteiger partial charge in [-0.05, 0) is 42.8 Å². The maximum Gasteiger partial charge on any atom is 0.251 e. The zero-order valence-corrected chi connectivity index (χ0v) is 19.4. The van der Waals surface area contributed by atoms with Crippen LogP contribution in [0.25, 0.3) is 5.69 Å². The van der Waals surface area contributed by atoms with Crippen LogP contribution in [0.2, 0.25) is 0 Å². The number of hydrogen-bond donors (Lipinski definition) is 2. The lowest BCUT2D eigenvalue weighted by atomic mass is 10.2. The minimum absolute atomic E-state index is 0.150. The normalized spacial score (nSPS) is 13.6. The van der Waals surface area contributed by atoms with E-state index in [9.17, 15) is 9.59 Å². The molecule has 0 spiro atoms. The van der Waals surface area contributed by atoms with Crippen LogP contribution in [0.4, 0.5) is 11.6 Å². The molecule has 1 saturated heterocycles. The van der Waals surface area contributed by atoms with Gasteiger partial charge in [-0.25, -0.2) is 0 Å². The minimum atomic E-state index is -0.206. The first kappa shape index (κ1) is 22.8. The molecule has 2 amide bonds. The first-order chi connectivity index (χ1) is 16.0. The third kappa shape index (κ3) is 5.52. The molecule has 1 aliphatic rings. The summed E-state index contributed by atoms with van der Waals surface area (Å²) < 4.78 is 7.46. The Morgan fingerprint density at radius 3 is 2.64 bits per heavy atom. The molecule has 4 rings (SSSR count). The van der Waals surface area contributed by atoms with Crippen LogP contribution < -0.4 is 15.5 Å². The summed E-state index contributed by atoms with van der Waals surface area (Å²) in [6.07, 6.45) is 0. The average Bonchev–Trinajstić information content (AvgIpc) is 3.27. The van der Waals surface area contributed by atoms with E-state index in [-0.39, 0.29) is 17.6 Å². The molecule has 0 aliphatic carbocycles. The molecule has 0 bridgehead atoms. The lowest BCUT2D eigenvalue weighted by Gasteiger charge is -2.28. The van der Waals surface area contributed by atoms with Crippen molar-refractivity contribution in [3.8, 4) is 5.69 Å². The van der Waals surface area contributed by atoms with Gasteiger partial charge in [0, 0.05) is 31.4 Å². The van der Waals surface area contributed by atoms with E-state index < -0.39 is 0 Å². The van der Waals surface area contributed by atoms with E-state index in [2.05, 4.69) is 31.8 Å². The number of benzene rings is 2. The number of nitrogens with zero attached hydrogens (tertiary/aromatic N) is 4. The van der Waals surface area contributed by atoms with Gasteiger partial charge < -0.3 is 20.3 Å². The van der Waals surface area contributed by atoms with Crippen LogP contribution in [-0.2, 0) is 9.53 Å². The Kier molecular flexibility index (Phi) is 7.26. The highest BCUT2D eigenvalue weighted by Crippen LogP contribution is 2.28. The Hall–Kier alpha value is -3.37. The molecule has 2 aromatic carbocycles. The second-order valence-electron chi connectivity index (χ2n) is 7.55. The highest BCUT2D eigenvalue weighted by Gasteiger charge is 2.22. The molecule has 33 heavy (non-hydrogen) atoms. The number of aromatic nitrogens is 3. The number of thioether (sulfide) groups is 1. The maximum absolute atomic E-state index is 12.6. The first-order valence-corrected chi connectivity index (χ1v) is 11.6. The van der Waals surface area contributed by atoms with E-state index >= 15 is 0 Å². The lowest BCUT2D eigenvalue weighted by Crippen LogP contribution is -2.37.